The van der Waals surface area contributed by atoms with E-state index in [0.29, 0.717) is 18.0 Å². The molecular weight excluding hydrogens is 263 g/mol. The molecule has 0 aliphatic rings. The highest BCUT2D eigenvalue weighted by Crippen LogP contribution is 2.21. The quantitative estimate of drug-likeness (QED) is 0.800. The lowest BCUT2D eigenvalue weighted by molar-refractivity contribution is 0.637. The molecule has 0 aliphatic carbocycles. The van der Waals surface area contributed by atoms with E-state index < -0.39 is 0 Å². The van der Waals surface area contributed by atoms with Gasteiger partial charge in [-0.15, -0.1) is 11.3 Å². The number of nitrogens with two attached hydrogens (primary N) is 1. The topological polar surface area (TPSA) is 56.7 Å². The molecule has 98 valence electrons. The van der Waals surface area contributed by atoms with E-state index in [1.807, 2.05) is 22.9 Å². The number of rotatable bonds is 3. The van der Waals surface area contributed by atoms with E-state index in [4.69, 9.17) is 5.73 Å². The normalized spacial score (nSPS) is 11.3. The highest BCUT2D eigenvalue weighted by molar-refractivity contribution is 7.09. The molecule has 6 heteroatoms. The van der Waals surface area contributed by atoms with Gasteiger partial charge in [0.05, 0.1) is 10.5 Å². The average molecular weight is 276 g/mol. The summed E-state index contributed by atoms with van der Waals surface area (Å²) in [5.74, 6) is 0.00132. The van der Waals surface area contributed by atoms with Gasteiger partial charge in [-0.1, -0.05) is 6.07 Å². The summed E-state index contributed by atoms with van der Waals surface area (Å²) >= 11 is 1.63. The summed E-state index contributed by atoms with van der Waals surface area (Å²) in [5.41, 5.74) is 7.94. The molecule has 2 aromatic heterocycles. The van der Waals surface area contributed by atoms with E-state index in [2.05, 4.69) is 9.97 Å². The number of nitrogen functional groups attached to an aromatic ring is 1. The van der Waals surface area contributed by atoms with Gasteiger partial charge in [0.25, 0.3) is 0 Å². The molecule has 19 heavy (non-hydrogen) atoms. The van der Waals surface area contributed by atoms with Crippen LogP contribution in [-0.4, -0.2) is 14.5 Å². The highest BCUT2D eigenvalue weighted by Gasteiger charge is 2.11. The van der Waals surface area contributed by atoms with Crippen LogP contribution in [0.1, 0.15) is 10.7 Å². The summed E-state index contributed by atoms with van der Waals surface area (Å²) in [7, 11) is 0. The number of aromatic nitrogens is 3. The average Bonchev–Trinajstić information content (AvgIpc) is 2.92. The van der Waals surface area contributed by atoms with Crippen LogP contribution in [0.5, 0.6) is 0 Å². The SMILES string of the molecule is Cc1csc(CCn2c(N)nc3c(F)cccc32)n1. The lowest BCUT2D eigenvalue weighted by atomic mass is 10.3. The molecule has 0 amide bonds. The van der Waals surface area contributed by atoms with Crippen LogP contribution >= 0.6 is 11.3 Å². The summed E-state index contributed by atoms with van der Waals surface area (Å²) in [4.78, 5) is 8.49. The van der Waals surface area contributed by atoms with Crippen molar-refractivity contribution in [1.82, 2.24) is 14.5 Å². The first-order valence-electron chi connectivity index (χ1n) is 5.96. The second-order valence-electron chi connectivity index (χ2n) is 4.36. The molecule has 0 atom stereocenters. The van der Waals surface area contributed by atoms with Gasteiger partial charge in [0, 0.05) is 24.0 Å². The molecule has 0 saturated carbocycles. The van der Waals surface area contributed by atoms with Gasteiger partial charge in [-0.2, -0.15) is 0 Å². The Bertz CT molecular complexity index is 731. The standard InChI is InChI=1S/C13H13FN4S/c1-8-7-19-11(16-8)5-6-18-10-4-2-3-9(14)12(10)17-13(18)15/h2-4,7H,5-6H2,1H3,(H2,15,17). The Balaban J connectivity index is 1.92. The van der Waals surface area contributed by atoms with Crippen LogP contribution in [0.3, 0.4) is 0 Å². The molecule has 0 radical (unpaired) electrons. The second kappa shape index (κ2) is 4.62. The first kappa shape index (κ1) is 12.1. The third-order valence-electron chi connectivity index (χ3n) is 2.98. The van der Waals surface area contributed by atoms with Crippen molar-refractivity contribution in [2.24, 2.45) is 0 Å². The Morgan fingerprint density at radius 2 is 2.21 bits per heavy atom. The van der Waals surface area contributed by atoms with Gasteiger partial charge in [-0.3, -0.25) is 0 Å². The third-order valence-corrected chi connectivity index (χ3v) is 4.00. The van der Waals surface area contributed by atoms with E-state index in [1.54, 1.807) is 17.4 Å². The van der Waals surface area contributed by atoms with E-state index in [0.717, 1.165) is 22.6 Å². The van der Waals surface area contributed by atoms with Gasteiger partial charge >= 0.3 is 0 Å². The molecular formula is C13H13FN4S. The number of halogens is 1. The molecule has 2 N–H and O–H groups in total. The summed E-state index contributed by atoms with van der Waals surface area (Å²) in [6, 6.07) is 4.89. The Kier molecular flexibility index (Phi) is 2.94. The lowest BCUT2D eigenvalue weighted by Crippen LogP contribution is -2.05. The predicted octanol–water partition coefficient (Wildman–Crippen LogP) is 2.77. The van der Waals surface area contributed by atoms with Gasteiger partial charge in [-0.25, -0.2) is 14.4 Å². The molecule has 0 unspecified atom stereocenters. The molecule has 0 aliphatic heterocycles. The molecule has 0 saturated heterocycles. The molecule has 3 aromatic rings. The smallest absolute Gasteiger partial charge is 0.201 e. The summed E-state index contributed by atoms with van der Waals surface area (Å²) < 4.78 is 15.4. The fourth-order valence-electron chi connectivity index (χ4n) is 2.09. The molecule has 1 aromatic carbocycles. The fourth-order valence-corrected chi connectivity index (χ4v) is 2.86. The van der Waals surface area contributed by atoms with Gasteiger partial charge < -0.3 is 10.3 Å². The van der Waals surface area contributed by atoms with Crippen LogP contribution in [0.4, 0.5) is 10.3 Å². The molecule has 3 rings (SSSR count). The Hall–Kier alpha value is -1.95. The van der Waals surface area contributed by atoms with Crippen LogP contribution in [0.25, 0.3) is 11.0 Å². The van der Waals surface area contributed by atoms with Gasteiger partial charge in [0.15, 0.2) is 5.82 Å². The van der Waals surface area contributed by atoms with E-state index in [-0.39, 0.29) is 5.82 Å². The van der Waals surface area contributed by atoms with Crippen molar-refractivity contribution in [3.8, 4) is 0 Å². The summed E-state index contributed by atoms with van der Waals surface area (Å²) in [6.07, 6.45) is 0.769. The van der Waals surface area contributed by atoms with E-state index in [1.165, 1.54) is 6.07 Å². The zero-order chi connectivity index (χ0) is 13.4. The number of imidazole rings is 1. The highest BCUT2D eigenvalue weighted by atomic mass is 32.1. The van der Waals surface area contributed by atoms with Crippen molar-refractivity contribution in [3.05, 3.63) is 40.1 Å². The number of anilines is 1. The largest absolute Gasteiger partial charge is 0.369 e. The predicted molar refractivity (Wildman–Crippen MR) is 74.7 cm³/mol. The number of hydrogen-bond donors (Lipinski definition) is 1. The van der Waals surface area contributed by atoms with Crippen molar-refractivity contribution >= 4 is 28.3 Å². The van der Waals surface area contributed by atoms with Crippen LogP contribution in [-0.2, 0) is 13.0 Å². The minimum absolute atomic E-state index is 0.329. The van der Waals surface area contributed by atoms with E-state index >= 15 is 0 Å². The number of para-hydroxylation sites is 1. The number of fused-ring (bicyclic) bond motifs is 1. The first-order valence-corrected chi connectivity index (χ1v) is 6.84. The maximum Gasteiger partial charge on any atom is 0.201 e. The summed E-state index contributed by atoms with van der Waals surface area (Å²) in [6.45, 7) is 2.62. The molecule has 4 nitrogen and oxygen atoms in total. The maximum atomic E-state index is 13.6. The molecule has 2 heterocycles. The lowest BCUT2D eigenvalue weighted by Gasteiger charge is -2.04. The molecule has 0 spiro atoms. The zero-order valence-electron chi connectivity index (χ0n) is 10.4. The first-order chi connectivity index (χ1) is 9.15. The summed E-state index contributed by atoms with van der Waals surface area (Å²) in [5, 5.41) is 3.07. The third kappa shape index (κ3) is 2.19. The Labute approximate surface area is 113 Å². The number of thiazole rings is 1. The Morgan fingerprint density at radius 3 is 2.95 bits per heavy atom. The molecule has 0 fully saturated rings. The van der Waals surface area contributed by atoms with Crippen LogP contribution in [0, 0.1) is 12.7 Å². The number of hydrogen-bond acceptors (Lipinski definition) is 4. The second-order valence-corrected chi connectivity index (χ2v) is 5.30. The fraction of sp³-hybridized carbons (Fsp3) is 0.231. The Morgan fingerprint density at radius 1 is 1.37 bits per heavy atom. The zero-order valence-corrected chi connectivity index (χ0v) is 11.2. The van der Waals surface area contributed by atoms with Crippen LogP contribution in [0.2, 0.25) is 0 Å². The number of nitrogens with zero attached hydrogens (tertiary/aromatic N) is 3. The number of benzene rings is 1. The van der Waals surface area contributed by atoms with Crippen LogP contribution < -0.4 is 5.73 Å². The number of aryl methyl sites for hydroxylation is 3. The minimum Gasteiger partial charge on any atom is -0.369 e. The van der Waals surface area contributed by atoms with E-state index in [9.17, 15) is 4.39 Å². The minimum atomic E-state index is -0.340. The van der Waals surface area contributed by atoms with Crippen molar-refractivity contribution in [2.45, 2.75) is 19.9 Å². The monoisotopic (exact) mass is 276 g/mol. The van der Waals surface area contributed by atoms with Crippen molar-refractivity contribution in [3.63, 3.8) is 0 Å². The van der Waals surface area contributed by atoms with Gasteiger partial charge in [-0.05, 0) is 19.1 Å². The van der Waals surface area contributed by atoms with Gasteiger partial charge in [0.2, 0.25) is 5.95 Å². The maximum absolute atomic E-state index is 13.6. The van der Waals surface area contributed by atoms with Gasteiger partial charge in [0.1, 0.15) is 5.52 Å². The van der Waals surface area contributed by atoms with Crippen molar-refractivity contribution in [1.29, 1.82) is 0 Å². The van der Waals surface area contributed by atoms with Crippen molar-refractivity contribution in [2.75, 3.05) is 5.73 Å². The molecule has 0 bridgehead atoms. The van der Waals surface area contributed by atoms with Crippen molar-refractivity contribution < 1.29 is 4.39 Å². The van der Waals surface area contributed by atoms with Crippen LogP contribution in [0.15, 0.2) is 23.6 Å².